The van der Waals surface area contributed by atoms with Gasteiger partial charge in [0.05, 0.1) is 6.61 Å². The third-order valence-electron chi connectivity index (χ3n) is 2.27. The molecule has 1 atom stereocenters. The highest BCUT2D eigenvalue weighted by atomic mass is 79.9. The van der Waals surface area contributed by atoms with Crippen LogP contribution in [-0.2, 0) is 19.1 Å². The number of hydrogen-bond acceptors (Lipinski definition) is 5. The first-order valence-electron chi connectivity index (χ1n) is 6.36. The van der Waals surface area contributed by atoms with Crippen LogP contribution in [-0.4, -0.2) is 29.1 Å². The zero-order chi connectivity index (χ0) is 16.2. The van der Waals surface area contributed by atoms with Crippen LogP contribution in [0.3, 0.4) is 0 Å². The molecule has 5 nitrogen and oxygen atoms in total. The van der Waals surface area contributed by atoms with Crippen molar-refractivity contribution in [3.05, 3.63) is 28.2 Å². The molecule has 1 heterocycles. The topological polar surface area (TPSA) is 65.5 Å². The fourth-order valence-corrected chi connectivity index (χ4v) is 1.85. The first kappa shape index (κ1) is 17.6. The minimum atomic E-state index is -1.54. The third kappa shape index (κ3) is 5.08. The van der Waals surface area contributed by atoms with Crippen LogP contribution in [0.1, 0.15) is 39.3 Å². The van der Waals surface area contributed by atoms with Crippen molar-refractivity contribution < 1.29 is 23.5 Å². The molecule has 0 bridgehead atoms. The monoisotopic (exact) mass is 361 g/mol. The number of aromatic nitrogens is 1. The largest absolute Gasteiger partial charge is 0.465 e. The Balaban J connectivity index is 3.19. The van der Waals surface area contributed by atoms with E-state index in [9.17, 15) is 14.0 Å². The maximum absolute atomic E-state index is 14.0. The van der Waals surface area contributed by atoms with Crippen LogP contribution in [0.5, 0.6) is 0 Å². The zero-order valence-electron chi connectivity index (χ0n) is 12.3. The molecule has 1 aromatic rings. The van der Waals surface area contributed by atoms with Crippen LogP contribution in [0.4, 0.5) is 4.39 Å². The molecule has 7 heteroatoms. The van der Waals surface area contributed by atoms with Gasteiger partial charge in [0.15, 0.2) is 5.92 Å². The second-order valence-electron chi connectivity index (χ2n) is 5.24. The van der Waals surface area contributed by atoms with Gasteiger partial charge in [0.2, 0.25) is 0 Å². The lowest BCUT2D eigenvalue weighted by molar-refractivity contribution is -0.164. The number of esters is 2. The molecule has 21 heavy (non-hydrogen) atoms. The van der Waals surface area contributed by atoms with E-state index in [0.717, 1.165) is 6.07 Å². The quantitative estimate of drug-likeness (QED) is 0.609. The van der Waals surface area contributed by atoms with E-state index < -0.39 is 29.3 Å². The highest BCUT2D eigenvalue weighted by Crippen LogP contribution is 2.24. The first-order valence-corrected chi connectivity index (χ1v) is 7.15. The molecule has 0 fully saturated rings. The van der Waals surface area contributed by atoms with Gasteiger partial charge in [-0.1, -0.05) is 0 Å². The predicted molar refractivity (Wildman–Crippen MR) is 77.1 cm³/mol. The second-order valence-corrected chi connectivity index (χ2v) is 6.15. The molecule has 1 aromatic heterocycles. The summed E-state index contributed by atoms with van der Waals surface area (Å²) in [5.74, 6) is -4.11. The Morgan fingerprint density at radius 3 is 2.48 bits per heavy atom. The molecule has 116 valence electrons. The molecule has 0 N–H and O–H groups in total. The number of carbonyl (C=O) groups excluding carboxylic acids is 2. The second kappa shape index (κ2) is 6.98. The Kier molecular flexibility index (Phi) is 5.83. The number of carbonyl (C=O) groups is 2. The summed E-state index contributed by atoms with van der Waals surface area (Å²) in [5, 5.41) is 0. The van der Waals surface area contributed by atoms with Crippen LogP contribution in [0.25, 0.3) is 0 Å². The van der Waals surface area contributed by atoms with Crippen LogP contribution in [0.15, 0.2) is 16.7 Å². The van der Waals surface area contributed by atoms with Gasteiger partial charge in [-0.25, -0.2) is 4.39 Å². The van der Waals surface area contributed by atoms with E-state index in [0.29, 0.717) is 4.47 Å². The van der Waals surface area contributed by atoms with Crippen LogP contribution < -0.4 is 0 Å². The summed E-state index contributed by atoms with van der Waals surface area (Å²) >= 11 is 3.06. The molecule has 0 aromatic carbocycles. The van der Waals surface area contributed by atoms with Gasteiger partial charge in [0.25, 0.3) is 0 Å². The minimum Gasteiger partial charge on any atom is -0.465 e. The normalized spacial score (nSPS) is 12.7. The molecule has 0 amide bonds. The summed E-state index contributed by atoms with van der Waals surface area (Å²) < 4.78 is 24.4. The van der Waals surface area contributed by atoms with Gasteiger partial charge in [-0.05, 0) is 49.7 Å². The highest BCUT2D eigenvalue weighted by molar-refractivity contribution is 9.10. The molecule has 1 unspecified atom stereocenters. The maximum Gasteiger partial charge on any atom is 0.327 e. The number of rotatable bonds is 4. The summed E-state index contributed by atoms with van der Waals surface area (Å²) in [6.07, 6.45) is 1.30. The fourth-order valence-electron chi connectivity index (χ4n) is 1.54. The number of halogens is 2. The number of pyridine rings is 1. The molecule has 0 spiro atoms. The van der Waals surface area contributed by atoms with Gasteiger partial charge < -0.3 is 9.47 Å². The molecular weight excluding hydrogens is 345 g/mol. The fraction of sp³-hybridized carbons (Fsp3) is 0.500. The number of nitrogens with zero attached hydrogens (tertiary/aromatic N) is 1. The van der Waals surface area contributed by atoms with Crippen molar-refractivity contribution >= 4 is 27.9 Å². The molecule has 1 rings (SSSR count). The molecular formula is C14H17BrFNO4. The van der Waals surface area contributed by atoms with Gasteiger partial charge in [-0.3, -0.25) is 14.6 Å². The SMILES string of the molecule is CCOC(=O)C(C(=O)OC(C)(C)C)c1ncc(Br)cc1F. The molecule has 0 saturated carbocycles. The van der Waals surface area contributed by atoms with E-state index >= 15 is 0 Å². The van der Waals surface area contributed by atoms with E-state index in [-0.39, 0.29) is 12.3 Å². The van der Waals surface area contributed by atoms with E-state index in [1.165, 1.54) is 6.20 Å². The first-order chi connectivity index (χ1) is 9.65. The van der Waals surface area contributed by atoms with Gasteiger partial charge in [0, 0.05) is 10.7 Å². The Labute approximate surface area is 131 Å². The van der Waals surface area contributed by atoms with Crippen molar-refractivity contribution in [2.24, 2.45) is 0 Å². The summed E-state index contributed by atoms with van der Waals surface area (Å²) in [7, 11) is 0. The number of ether oxygens (including phenoxy) is 2. The lowest BCUT2D eigenvalue weighted by Crippen LogP contribution is -2.33. The van der Waals surface area contributed by atoms with Crippen LogP contribution >= 0.6 is 15.9 Å². The Morgan fingerprint density at radius 2 is 2.00 bits per heavy atom. The summed E-state index contributed by atoms with van der Waals surface area (Å²) in [5.41, 5.74) is -1.13. The lowest BCUT2D eigenvalue weighted by Gasteiger charge is -2.23. The van der Waals surface area contributed by atoms with Crippen LogP contribution in [0.2, 0.25) is 0 Å². The summed E-state index contributed by atoms with van der Waals surface area (Å²) in [6.45, 7) is 6.61. The molecule has 0 saturated heterocycles. The van der Waals surface area contributed by atoms with Gasteiger partial charge in [-0.2, -0.15) is 0 Å². The predicted octanol–water partition coefficient (Wildman–Crippen LogP) is 2.97. The molecule has 0 aliphatic heterocycles. The van der Waals surface area contributed by atoms with Crippen molar-refractivity contribution in [2.75, 3.05) is 6.61 Å². The summed E-state index contributed by atoms with van der Waals surface area (Å²) in [4.78, 5) is 27.9. The lowest BCUT2D eigenvalue weighted by atomic mass is 10.0. The molecule has 0 radical (unpaired) electrons. The van der Waals surface area contributed by atoms with Crippen molar-refractivity contribution in [1.82, 2.24) is 4.98 Å². The van der Waals surface area contributed by atoms with Gasteiger partial charge in [-0.15, -0.1) is 0 Å². The van der Waals surface area contributed by atoms with Crippen molar-refractivity contribution in [3.8, 4) is 0 Å². The van der Waals surface area contributed by atoms with Crippen LogP contribution in [0, 0.1) is 5.82 Å². The summed E-state index contributed by atoms with van der Waals surface area (Å²) in [6, 6.07) is 1.12. The Hall–Kier alpha value is -1.50. The highest BCUT2D eigenvalue weighted by Gasteiger charge is 2.37. The minimum absolute atomic E-state index is 0.0658. The van der Waals surface area contributed by atoms with E-state index in [4.69, 9.17) is 9.47 Å². The van der Waals surface area contributed by atoms with Gasteiger partial charge in [0.1, 0.15) is 17.1 Å². The number of hydrogen-bond donors (Lipinski definition) is 0. The average Bonchev–Trinajstić information content (AvgIpc) is 2.30. The zero-order valence-corrected chi connectivity index (χ0v) is 13.9. The van der Waals surface area contributed by atoms with E-state index in [1.807, 2.05) is 0 Å². The van der Waals surface area contributed by atoms with E-state index in [2.05, 4.69) is 20.9 Å². The maximum atomic E-state index is 14.0. The average molecular weight is 362 g/mol. The Morgan fingerprint density at radius 1 is 1.38 bits per heavy atom. The third-order valence-corrected chi connectivity index (χ3v) is 2.71. The van der Waals surface area contributed by atoms with Crippen molar-refractivity contribution in [1.29, 1.82) is 0 Å². The molecule has 0 aliphatic carbocycles. The van der Waals surface area contributed by atoms with E-state index in [1.54, 1.807) is 27.7 Å². The van der Waals surface area contributed by atoms with Crippen molar-refractivity contribution in [3.63, 3.8) is 0 Å². The standard InChI is InChI=1S/C14H17BrFNO4/c1-5-20-12(18)10(13(19)21-14(2,3)4)11-9(16)6-8(15)7-17-11/h6-7,10H,5H2,1-4H3. The Bertz CT molecular complexity index is 542. The van der Waals surface area contributed by atoms with Gasteiger partial charge >= 0.3 is 11.9 Å². The molecule has 0 aliphatic rings. The van der Waals surface area contributed by atoms with Crippen molar-refractivity contribution in [2.45, 2.75) is 39.2 Å². The smallest absolute Gasteiger partial charge is 0.327 e.